The minimum absolute atomic E-state index is 0.262. The monoisotopic (exact) mass is 515 g/mol. The molecule has 0 bridgehead atoms. The molecular formula is C25H23Cl2N3O5. The highest BCUT2D eigenvalue weighted by atomic mass is 35.5. The SMILES string of the molecule is CC(C)(Oc1ccc(OCCCOc2ccc(Cl)cc2-n2nc3ccccc3n2)cc1Cl)C(=O)O. The van der Waals surface area contributed by atoms with Crippen LogP contribution in [0.4, 0.5) is 0 Å². The molecule has 8 nitrogen and oxygen atoms in total. The molecule has 0 spiro atoms. The van der Waals surface area contributed by atoms with Gasteiger partial charge in [0.1, 0.15) is 34.0 Å². The van der Waals surface area contributed by atoms with E-state index in [1.54, 1.807) is 36.4 Å². The largest absolute Gasteiger partial charge is 0.493 e. The zero-order valence-electron chi connectivity index (χ0n) is 19.1. The van der Waals surface area contributed by atoms with Crippen molar-refractivity contribution in [1.29, 1.82) is 0 Å². The summed E-state index contributed by atoms with van der Waals surface area (Å²) in [5, 5.41) is 19.0. The number of aromatic nitrogens is 3. The van der Waals surface area contributed by atoms with E-state index in [4.69, 9.17) is 37.4 Å². The molecule has 1 heterocycles. The molecule has 0 aliphatic heterocycles. The van der Waals surface area contributed by atoms with Crippen LogP contribution in [0.15, 0.2) is 60.7 Å². The van der Waals surface area contributed by atoms with Crippen molar-refractivity contribution in [3.63, 3.8) is 0 Å². The summed E-state index contributed by atoms with van der Waals surface area (Å²) >= 11 is 12.4. The molecule has 4 aromatic rings. The van der Waals surface area contributed by atoms with E-state index in [1.165, 1.54) is 18.6 Å². The molecule has 35 heavy (non-hydrogen) atoms. The summed E-state index contributed by atoms with van der Waals surface area (Å²) in [6.45, 7) is 3.67. The molecule has 10 heteroatoms. The lowest BCUT2D eigenvalue weighted by Gasteiger charge is -2.22. The van der Waals surface area contributed by atoms with Gasteiger partial charge < -0.3 is 19.3 Å². The normalized spacial score (nSPS) is 11.4. The maximum atomic E-state index is 11.2. The molecule has 182 valence electrons. The maximum absolute atomic E-state index is 11.2. The molecule has 4 rings (SSSR count). The van der Waals surface area contributed by atoms with Gasteiger partial charge in [-0.1, -0.05) is 35.3 Å². The van der Waals surface area contributed by atoms with Crippen molar-refractivity contribution in [2.24, 2.45) is 0 Å². The molecule has 0 unspecified atom stereocenters. The van der Waals surface area contributed by atoms with Crippen LogP contribution in [0.25, 0.3) is 16.7 Å². The first-order valence-corrected chi connectivity index (χ1v) is 11.6. The first-order valence-electron chi connectivity index (χ1n) is 10.8. The van der Waals surface area contributed by atoms with Crippen LogP contribution < -0.4 is 14.2 Å². The molecule has 0 saturated carbocycles. The van der Waals surface area contributed by atoms with Crippen molar-refractivity contribution >= 4 is 40.2 Å². The van der Waals surface area contributed by atoms with Crippen LogP contribution in [0.2, 0.25) is 10.0 Å². The minimum Gasteiger partial charge on any atom is -0.493 e. The Labute approximate surface area is 211 Å². The molecule has 0 fully saturated rings. The van der Waals surface area contributed by atoms with Crippen LogP contribution in [0, 0.1) is 0 Å². The third-order valence-electron chi connectivity index (χ3n) is 5.02. The van der Waals surface area contributed by atoms with Crippen molar-refractivity contribution in [2.45, 2.75) is 25.9 Å². The fraction of sp³-hybridized carbons (Fsp3) is 0.240. The van der Waals surface area contributed by atoms with E-state index >= 15 is 0 Å². The van der Waals surface area contributed by atoms with Gasteiger partial charge in [-0.3, -0.25) is 0 Å². The van der Waals surface area contributed by atoms with Crippen LogP contribution in [0.5, 0.6) is 17.2 Å². The second kappa shape index (κ2) is 10.4. The number of halogens is 2. The minimum atomic E-state index is -1.40. The second-order valence-electron chi connectivity index (χ2n) is 8.15. The summed E-state index contributed by atoms with van der Waals surface area (Å²) in [4.78, 5) is 12.8. The molecule has 0 atom stereocenters. The summed E-state index contributed by atoms with van der Waals surface area (Å²) in [6.07, 6.45) is 0.596. The number of fused-ring (bicyclic) bond motifs is 1. The Morgan fingerprint density at radius 1 is 0.943 bits per heavy atom. The van der Waals surface area contributed by atoms with Gasteiger partial charge in [0.25, 0.3) is 0 Å². The van der Waals surface area contributed by atoms with Crippen LogP contribution in [0.1, 0.15) is 20.3 Å². The Bertz CT molecular complexity index is 1320. The van der Waals surface area contributed by atoms with Crippen molar-refractivity contribution in [3.05, 3.63) is 70.7 Å². The van der Waals surface area contributed by atoms with E-state index in [1.807, 2.05) is 24.3 Å². The first-order chi connectivity index (χ1) is 16.7. The molecule has 0 radical (unpaired) electrons. The van der Waals surface area contributed by atoms with Gasteiger partial charge in [0.2, 0.25) is 0 Å². The number of carboxylic acids is 1. The van der Waals surface area contributed by atoms with Crippen LogP contribution in [-0.2, 0) is 4.79 Å². The lowest BCUT2D eigenvalue weighted by Crippen LogP contribution is -2.37. The number of benzene rings is 3. The summed E-state index contributed by atoms with van der Waals surface area (Å²) in [6, 6.07) is 17.7. The van der Waals surface area contributed by atoms with Crippen molar-refractivity contribution in [1.82, 2.24) is 15.0 Å². The second-order valence-corrected chi connectivity index (χ2v) is 8.99. The quantitative estimate of drug-likeness (QED) is 0.266. The van der Waals surface area contributed by atoms with Gasteiger partial charge in [-0.25, -0.2) is 4.79 Å². The van der Waals surface area contributed by atoms with Gasteiger partial charge in [-0.05, 0) is 56.3 Å². The highest BCUT2D eigenvalue weighted by Crippen LogP contribution is 2.32. The average molecular weight is 516 g/mol. The van der Waals surface area contributed by atoms with E-state index < -0.39 is 11.6 Å². The van der Waals surface area contributed by atoms with Crippen molar-refractivity contribution in [3.8, 4) is 22.9 Å². The Balaban J connectivity index is 1.33. The fourth-order valence-electron chi connectivity index (χ4n) is 3.14. The van der Waals surface area contributed by atoms with Crippen LogP contribution in [-0.4, -0.2) is 44.9 Å². The smallest absolute Gasteiger partial charge is 0.347 e. The number of carbonyl (C=O) groups is 1. The van der Waals surface area contributed by atoms with Crippen molar-refractivity contribution < 1.29 is 24.1 Å². The van der Waals surface area contributed by atoms with Gasteiger partial charge in [0.15, 0.2) is 5.60 Å². The molecule has 0 aliphatic rings. The van der Waals surface area contributed by atoms with Gasteiger partial charge in [0, 0.05) is 17.5 Å². The highest BCUT2D eigenvalue weighted by molar-refractivity contribution is 6.32. The van der Waals surface area contributed by atoms with Crippen LogP contribution >= 0.6 is 23.2 Å². The van der Waals surface area contributed by atoms with Gasteiger partial charge >= 0.3 is 5.97 Å². The summed E-state index contributed by atoms with van der Waals surface area (Å²) < 4.78 is 17.2. The first kappa shape index (κ1) is 24.6. The maximum Gasteiger partial charge on any atom is 0.347 e. The van der Waals surface area contributed by atoms with E-state index in [9.17, 15) is 9.90 Å². The zero-order valence-corrected chi connectivity index (χ0v) is 20.6. The predicted octanol–water partition coefficient (Wildman–Crippen LogP) is 5.82. The topological polar surface area (TPSA) is 95.7 Å². The molecule has 0 amide bonds. The standard InChI is InChI=1S/C25H23Cl2N3O5/c1-25(2,24(31)32)35-22-11-9-17(15-18(22)27)33-12-5-13-34-23-10-8-16(26)14-21(23)30-28-19-6-3-4-7-20(19)29-30/h3-4,6-11,14-15H,5,12-13H2,1-2H3,(H,31,32). The average Bonchev–Trinajstić information content (AvgIpc) is 3.25. The van der Waals surface area contributed by atoms with E-state index in [2.05, 4.69) is 10.2 Å². The molecule has 0 aliphatic carbocycles. The number of hydrogen-bond donors (Lipinski definition) is 1. The van der Waals surface area contributed by atoms with Crippen LogP contribution in [0.3, 0.4) is 0 Å². The third kappa shape index (κ3) is 5.96. The predicted molar refractivity (Wildman–Crippen MR) is 133 cm³/mol. The third-order valence-corrected chi connectivity index (χ3v) is 5.55. The Morgan fingerprint density at radius 3 is 2.26 bits per heavy atom. The van der Waals surface area contributed by atoms with Gasteiger partial charge in [-0.2, -0.15) is 0 Å². The summed E-state index contributed by atoms with van der Waals surface area (Å²) in [5.74, 6) is 0.314. The summed E-state index contributed by atoms with van der Waals surface area (Å²) in [5.41, 5.74) is 0.783. The highest BCUT2D eigenvalue weighted by Gasteiger charge is 2.30. The Morgan fingerprint density at radius 2 is 1.60 bits per heavy atom. The lowest BCUT2D eigenvalue weighted by atomic mass is 10.1. The molecule has 3 aromatic carbocycles. The molecular weight excluding hydrogens is 493 g/mol. The Kier molecular flexibility index (Phi) is 7.33. The number of carboxylic acid groups (broad SMARTS) is 1. The molecule has 0 saturated heterocycles. The lowest BCUT2D eigenvalue weighted by molar-refractivity contribution is -0.152. The number of ether oxygens (including phenoxy) is 3. The van der Waals surface area contributed by atoms with Crippen molar-refractivity contribution in [2.75, 3.05) is 13.2 Å². The molecule has 1 N–H and O–H groups in total. The van der Waals surface area contributed by atoms with E-state index in [-0.39, 0.29) is 10.8 Å². The number of rotatable bonds is 10. The van der Waals surface area contributed by atoms with Gasteiger partial charge in [0.05, 0.1) is 18.2 Å². The van der Waals surface area contributed by atoms with E-state index in [0.29, 0.717) is 41.8 Å². The number of hydrogen-bond acceptors (Lipinski definition) is 6. The van der Waals surface area contributed by atoms with E-state index in [0.717, 1.165) is 11.0 Å². The fourth-order valence-corrected chi connectivity index (χ4v) is 3.52. The summed E-state index contributed by atoms with van der Waals surface area (Å²) in [7, 11) is 0. The number of aliphatic carboxylic acids is 1. The number of nitrogens with zero attached hydrogens (tertiary/aromatic N) is 3. The Hall–Kier alpha value is -3.49. The molecule has 1 aromatic heterocycles. The zero-order chi connectivity index (χ0) is 25.0. The van der Waals surface area contributed by atoms with Gasteiger partial charge in [-0.15, -0.1) is 15.0 Å².